The molecule has 5 rings (SSSR count). The van der Waals surface area contributed by atoms with E-state index in [1.807, 2.05) is 78.9 Å². The molecule has 0 bridgehead atoms. The Kier molecular flexibility index (Phi) is 11.3. The number of benzene rings is 3. The molecule has 3 aromatic carbocycles. The summed E-state index contributed by atoms with van der Waals surface area (Å²) in [5.41, 5.74) is 0.584. The number of aromatic nitrogens is 2. The molecule has 1 N–H and O–H groups in total. The monoisotopic (exact) mass is 644 g/mol. The van der Waals surface area contributed by atoms with Crippen molar-refractivity contribution in [1.29, 1.82) is 0 Å². The van der Waals surface area contributed by atoms with Crippen LogP contribution in [0.1, 0.15) is 34.9 Å². The Morgan fingerprint density at radius 2 is 1.47 bits per heavy atom. The minimum absolute atomic E-state index is 0. The second-order valence-electron chi connectivity index (χ2n) is 10.6. The van der Waals surface area contributed by atoms with Crippen molar-refractivity contribution in [3.63, 3.8) is 0 Å². The van der Waals surface area contributed by atoms with Crippen LogP contribution in [0.25, 0.3) is 0 Å². The summed E-state index contributed by atoms with van der Waals surface area (Å²) in [5, 5.41) is 0. The fourth-order valence-electron chi connectivity index (χ4n) is 5.46. The maximum absolute atomic E-state index is 12.7. The Morgan fingerprint density at radius 3 is 1.98 bits per heavy atom. The molecule has 2 heterocycles. The molecule has 0 radical (unpaired) electrons. The molecule has 1 unspecified atom stereocenters. The van der Waals surface area contributed by atoms with E-state index >= 15 is 0 Å². The van der Waals surface area contributed by atoms with Crippen LogP contribution in [0.15, 0.2) is 94.6 Å². The van der Waals surface area contributed by atoms with Crippen molar-refractivity contribution < 1.29 is 46.9 Å². The summed E-state index contributed by atoms with van der Waals surface area (Å²) >= 11 is 5.13. The Balaban J connectivity index is 0.00000461. The Labute approximate surface area is 278 Å². The number of rotatable bonds is 11. The number of hydrogen-bond donors (Lipinski definition) is 1. The minimum atomic E-state index is -3.38. The van der Waals surface area contributed by atoms with Gasteiger partial charge in [-0.05, 0) is 54.5 Å². The number of methoxy groups -OCH3 is 2. The van der Waals surface area contributed by atoms with Crippen LogP contribution in [0.4, 0.5) is 0 Å². The quantitative estimate of drug-likeness (QED) is 0.113. The molecule has 232 valence electrons. The molecule has 13 heteroatoms. The first-order valence-corrected chi connectivity index (χ1v) is 17.1. The summed E-state index contributed by atoms with van der Waals surface area (Å²) < 4.78 is 44.0. The van der Waals surface area contributed by atoms with Crippen molar-refractivity contribution >= 4 is 18.8 Å². The SMILES string of the molecule is COc1ccc(C(OC[C@H]2O[C@@H](n3cc(C)c(=O)[nH]c3=O)C[C@@H]2OP(C)(=O)[S-])(c2ccccc2)c2ccc(OC)cc2)cc1.[Li+]. The fraction of sp³-hybridized carbons (Fsp3) is 0.312. The van der Waals surface area contributed by atoms with Gasteiger partial charge in [0.15, 0.2) is 0 Å². The van der Waals surface area contributed by atoms with Gasteiger partial charge in [-0.25, -0.2) is 4.79 Å². The van der Waals surface area contributed by atoms with Crippen LogP contribution in [-0.2, 0) is 36.4 Å². The van der Waals surface area contributed by atoms with E-state index in [9.17, 15) is 14.2 Å². The van der Waals surface area contributed by atoms with Gasteiger partial charge in [-0.1, -0.05) is 54.6 Å². The van der Waals surface area contributed by atoms with Crippen LogP contribution in [0.2, 0.25) is 0 Å². The zero-order valence-electron chi connectivity index (χ0n) is 25.8. The van der Waals surface area contributed by atoms with Crippen molar-refractivity contribution in [3.05, 3.63) is 128 Å². The van der Waals surface area contributed by atoms with Crippen molar-refractivity contribution in [1.82, 2.24) is 9.55 Å². The largest absolute Gasteiger partial charge is 1.00 e. The van der Waals surface area contributed by atoms with Gasteiger partial charge < -0.3 is 40.3 Å². The molecule has 0 amide bonds. The van der Waals surface area contributed by atoms with Gasteiger partial charge in [-0.3, -0.25) is 14.3 Å². The zero-order valence-corrected chi connectivity index (χ0v) is 27.5. The van der Waals surface area contributed by atoms with E-state index in [1.165, 1.54) is 17.4 Å². The van der Waals surface area contributed by atoms with Crippen LogP contribution in [0.3, 0.4) is 0 Å². The predicted molar refractivity (Wildman–Crippen MR) is 169 cm³/mol. The van der Waals surface area contributed by atoms with E-state index in [0.29, 0.717) is 17.1 Å². The first-order chi connectivity index (χ1) is 21.0. The molecule has 1 aliphatic heterocycles. The molecule has 0 saturated carbocycles. The number of hydrogen-bond acceptors (Lipinski definition) is 9. The number of nitrogens with zero attached hydrogens (tertiary/aromatic N) is 1. The molecule has 1 fully saturated rings. The molecule has 10 nitrogen and oxygen atoms in total. The summed E-state index contributed by atoms with van der Waals surface area (Å²) in [4.78, 5) is 27.0. The average Bonchev–Trinajstić information content (AvgIpc) is 3.41. The molecule has 4 atom stereocenters. The summed E-state index contributed by atoms with van der Waals surface area (Å²) in [6, 6.07) is 25.0. The summed E-state index contributed by atoms with van der Waals surface area (Å²) in [5.74, 6) is 1.37. The van der Waals surface area contributed by atoms with Crippen LogP contribution in [-0.4, -0.2) is 49.3 Å². The van der Waals surface area contributed by atoms with Crippen molar-refractivity contribution in [2.75, 3.05) is 27.5 Å². The maximum Gasteiger partial charge on any atom is 1.00 e. The van der Waals surface area contributed by atoms with E-state index in [-0.39, 0.29) is 31.9 Å². The van der Waals surface area contributed by atoms with Gasteiger partial charge in [0.1, 0.15) is 29.4 Å². The molecule has 45 heavy (non-hydrogen) atoms. The van der Waals surface area contributed by atoms with E-state index in [2.05, 4.69) is 4.98 Å². The van der Waals surface area contributed by atoms with Gasteiger partial charge in [-0.15, -0.1) is 0 Å². The Morgan fingerprint density at radius 1 is 0.933 bits per heavy atom. The molecule has 0 aliphatic carbocycles. The van der Waals surface area contributed by atoms with Gasteiger partial charge >= 0.3 is 24.6 Å². The van der Waals surface area contributed by atoms with Crippen molar-refractivity contribution in [2.45, 2.75) is 37.4 Å². The fourth-order valence-corrected chi connectivity index (χ4v) is 6.50. The van der Waals surface area contributed by atoms with Gasteiger partial charge in [0.25, 0.3) is 5.56 Å². The second kappa shape index (κ2) is 14.6. The van der Waals surface area contributed by atoms with E-state index < -0.39 is 41.9 Å². The van der Waals surface area contributed by atoms with Crippen LogP contribution in [0, 0.1) is 6.92 Å². The minimum Gasteiger partial charge on any atom is -0.690 e. The third kappa shape index (κ3) is 7.70. The predicted octanol–water partition coefficient (Wildman–Crippen LogP) is 1.92. The van der Waals surface area contributed by atoms with Crippen molar-refractivity contribution in [2.24, 2.45) is 0 Å². The second-order valence-corrected chi connectivity index (χ2v) is 14.3. The topological polar surface area (TPSA) is 118 Å². The van der Waals surface area contributed by atoms with Gasteiger partial charge in [0.2, 0.25) is 0 Å². The van der Waals surface area contributed by atoms with Crippen LogP contribution >= 0.6 is 6.57 Å². The average molecular weight is 645 g/mol. The molecular weight excluding hydrogens is 610 g/mol. The van der Waals surface area contributed by atoms with E-state index in [4.69, 9.17) is 35.7 Å². The van der Waals surface area contributed by atoms with E-state index in [1.54, 1.807) is 21.1 Å². The molecule has 0 spiro atoms. The summed E-state index contributed by atoms with van der Waals surface area (Å²) in [7, 11) is 3.21. The van der Waals surface area contributed by atoms with E-state index in [0.717, 1.165) is 16.7 Å². The Hall–Kier alpha value is -3.00. The van der Waals surface area contributed by atoms with Gasteiger partial charge in [0.05, 0.1) is 33.5 Å². The summed E-state index contributed by atoms with van der Waals surface area (Å²) in [6.45, 7) is -0.458. The van der Waals surface area contributed by atoms with Crippen LogP contribution in [0.5, 0.6) is 11.5 Å². The first kappa shape index (κ1) is 34.9. The number of ether oxygens (including phenoxy) is 4. The molecule has 1 aromatic heterocycles. The first-order valence-electron chi connectivity index (χ1n) is 14.0. The Bertz CT molecular complexity index is 1690. The molecular formula is C32H34LiN2O8PS. The summed E-state index contributed by atoms with van der Waals surface area (Å²) in [6.07, 6.45) is -0.736. The third-order valence-corrected chi connectivity index (χ3v) is 8.51. The van der Waals surface area contributed by atoms with Crippen molar-refractivity contribution in [3.8, 4) is 11.5 Å². The normalized spacial score (nSPS) is 19.4. The zero-order chi connectivity index (χ0) is 31.5. The molecule has 1 aliphatic rings. The molecule has 1 saturated heterocycles. The maximum atomic E-state index is 12.7. The molecule has 4 aromatic rings. The third-order valence-electron chi connectivity index (χ3n) is 7.60. The van der Waals surface area contributed by atoms with Gasteiger partial charge in [0, 0.05) is 18.2 Å². The number of nitrogens with one attached hydrogen (secondary N) is 1. The van der Waals surface area contributed by atoms with Gasteiger partial charge in [-0.2, -0.15) is 0 Å². The smallest absolute Gasteiger partial charge is 0.690 e. The standard InChI is InChI=1S/C32H35N2O8PS.Li/c1-21-19-34(31(36)33-30(21)35)29-18-27(42-43(4,37)44)28(41-29)20-40-32(22-8-6-5-7-9-22,23-10-14-25(38-2)15-11-23)24-12-16-26(39-3)17-13-24;/h5-17,19,27-29H,18,20H2,1-4H3,(H,37,44)(H,33,35,36);/q;+1/p-1/t27-,28+,29+,43?;/m0./s1. The number of aryl methyl sites for hydroxylation is 1. The number of aromatic amines is 1. The number of H-pyrrole nitrogens is 1. The van der Waals surface area contributed by atoms with Crippen LogP contribution < -0.4 is 39.6 Å².